The van der Waals surface area contributed by atoms with Gasteiger partial charge in [0.05, 0.1) is 27.6 Å². The molecule has 0 spiro atoms. The minimum atomic E-state index is -0.951. The van der Waals surface area contributed by atoms with Crippen molar-refractivity contribution in [2.45, 2.75) is 0 Å². The van der Waals surface area contributed by atoms with Crippen LogP contribution in [0.5, 0.6) is 0 Å². The highest BCUT2D eigenvalue weighted by Crippen LogP contribution is 2.35. The molecule has 0 atom stereocenters. The molecule has 0 bridgehead atoms. The maximum atomic E-state index is 10.9. The Morgan fingerprint density at radius 3 is 2.89 bits per heavy atom. The molecular formula is C12H6ClNO3S. The minimum Gasteiger partial charge on any atom is -0.478 e. The fourth-order valence-corrected chi connectivity index (χ4v) is 2.91. The first-order valence-electron chi connectivity index (χ1n) is 5.02. The zero-order valence-corrected chi connectivity index (χ0v) is 10.5. The number of hydrogen-bond donors (Lipinski definition) is 1. The third-order valence-electron chi connectivity index (χ3n) is 2.48. The van der Waals surface area contributed by atoms with Gasteiger partial charge in [0.2, 0.25) is 5.22 Å². The summed E-state index contributed by atoms with van der Waals surface area (Å²) in [7, 11) is 0. The van der Waals surface area contributed by atoms with Gasteiger partial charge in [0.15, 0.2) is 0 Å². The standard InChI is InChI=1S/C12H6ClNO3S/c13-10-7(3-4-17-10)11-14-8-2-1-6(12(15)16)5-9(8)18-11/h1-5H,(H,15,16). The Morgan fingerprint density at radius 1 is 1.39 bits per heavy atom. The summed E-state index contributed by atoms with van der Waals surface area (Å²) < 4.78 is 5.82. The van der Waals surface area contributed by atoms with Crippen LogP contribution in [-0.4, -0.2) is 16.1 Å². The van der Waals surface area contributed by atoms with Gasteiger partial charge in [-0.1, -0.05) is 0 Å². The predicted octanol–water partition coefficient (Wildman–Crippen LogP) is 3.91. The van der Waals surface area contributed by atoms with Crippen molar-refractivity contribution in [3.63, 3.8) is 0 Å². The highest BCUT2D eigenvalue weighted by Gasteiger charge is 2.13. The molecule has 0 fully saturated rings. The molecule has 2 heterocycles. The average Bonchev–Trinajstić information content (AvgIpc) is 2.92. The van der Waals surface area contributed by atoms with Crippen molar-refractivity contribution in [1.29, 1.82) is 0 Å². The Hall–Kier alpha value is -1.85. The van der Waals surface area contributed by atoms with Crippen LogP contribution in [0, 0.1) is 0 Å². The van der Waals surface area contributed by atoms with Crippen molar-refractivity contribution in [2.24, 2.45) is 0 Å². The van der Waals surface area contributed by atoms with Crippen molar-refractivity contribution < 1.29 is 14.3 Å². The normalized spacial score (nSPS) is 10.9. The maximum Gasteiger partial charge on any atom is 0.335 e. The maximum absolute atomic E-state index is 10.9. The van der Waals surface area contributed by atoms with Gasteiger partial charge in [-0.25, -0.2) is 9.78 Å². The van der Waals surface area contributed by atoms with Crippen molar-refractivity contribution in [2.75, 3.05) is 0 Å². The van der Waals surface area contributed by atoms with Crippen LogP contribution in [0.1, 0.15) is 10.4 Å². The second kappa shape index (κ2) is 4.12. The summed E-state index contributed by atoms with van der Waals surface area (Å²) in [6.45, 7) is 0. The molecule has 0 saturated carbocycles. The van der Waals surface area contributed by atoms with E-state index in [9.17, 15) is 4.79 Å². The van der Waals surface area contributed by atoms with Crippen LogP contribution in [0.4, 0.5) is 0 Å². The first kappa shape index (κ1) is 11.3. The second-order valence-electron chi connectivity index (χ2n) is 3.61. The van der Waals surface area contributed by atoms with Gasteiger partial charge in [0.25, 0.3) is 0 Å². The molecule has 3 rings (SSSR count). The van der Waals surface area contributed by atoms with E-state index in [0.29, 0.717) is 5.01 Å². The number of aromatic nitrogens is 1. The van der Waals surface area contributed by atoms with E-state index < -0.39 is 5.97 Å². The van der Waals surface area contributed by atoms with E-state index in [1.807, 2.05) is 0 Å². The van der Waals surface area contributed by atoms with E-state index >= 15 is 0 Å². The number of carboxylic acid groups (broad SMARTS) is 1. The van der Waals surface area contributed by atoms with Crippen LogP contribution < -0.4 is 0 Å². The Morgan fingerprint density at radius 2 is 2.22 bits per heavy atom. The number of rotatable bonds is 2. The number of thiazole rings is 1. The van der Waals surface area contributed by atoms with Gasteiger partial charge in [0, 0.05) is 0 Å². The zero-order chi connectivity index (χ0) is 12.7. The van der Waals surface area contributed by atoms with E-state index in [2.05, 4.69) is 4.98 Å². The van der Waals surface area contributed by atoms with Crippen LogP contribution >= 0.6 is 22.9 Å². The number of fused-ring (bicyclic) bond motifs is 1. The monoisotopic (exact) mass is 279 g/mol. The highest BCUT2D eigenvalue weighted by atomic mass is 35.5. The number of furan rings is 1. The van der Waals surface area contributed by atoms with Crippen LogP contribution in [0.15, 0.2) is 34.9 Å². The molecule has 0 amide bonds. The molecule has 2 aromatic heterocycles. The summed E-state index contributed by atoms with van der Waals surface area (Å²) in [4.78, 5) is 15.3. The molecule has 0 aliphatic heterocycles. The van der Waals surface area contributed by atoms with Gasteiger partial charge < -0.3 is 9.52 Å². The van der Waals surface area contributed by atoms with E-state index in [1.165, 1.54) is 23.7 Å². The third-order valence-corrected chi connectivity index (χ3v) is 3.83. The lowest BCUT2D eigenvalue weighted by Crippen LogP contribution is -1.94. The number of carbonyl (C=O) groups is 1. The Kier molecular flexibility index (Phi) is 2.57. The smallest absolute Gasteiger partial charge is 0.335 e. The molecule has 1 N–H and O–H groups in total. The highest BCUT2D eigenvalue weighted by molar-refractivity contribution is 7.21. The van der Waals surface area contributed by atoms with E-state index in [0.717, 1.165) is 15.8 Å². The summed E-state index contributed by atoms with van der Waals surface area (Å²) in [5, 5.41) is 9.93. The second-order valence-corrected chi connectivity index (χ2v) is 4.99. The molecule has 0 aliphatic rings. The SMILES string of the molecule is O=C(O)c1ccc2nc(-c3ccoc3Cl)sc2c1. The van der Waals surface area contributed by atoms with Gasteiger partial charge in [0.1, 0.15) is 5.01 Å². The molecule has 3 aromatic rings. The van der Waals surface area contributed by atoms with Gasteiger partial charge in [-0.3, -0.25) is 0 Å². The Labute approximate surface area is 110 Å². The molecule has 90 valence electrons. The number of aromatic carboxylic acids is 1. The van der Waals surface area contributed by atoms with Crippen LogP contribution in [0.25, 0.3) is 20.8 Å². The molecule has 0 aliphatic carbocycles. The summed E-state index contributed by atoms with van der Waals surface area (Å²) in [6, 6.07) is 6.56. The summed E-state index contributed by atoms with van der Waals surface area (Å²) in [6.07, 6.45) is 1.49. The number of hydrogen-bond acceptors (Lipinski definition) is 4. The quantitative estimate of drug-likeness (QED) is 0.772. The van der Waals surface area contributed by atoms with Crippen LogP contribution in [-0.2, 0) is 0 Å². The number of benzene rings is 1. The summed E-state index contributed by atoms with van der Waals surface area (Å²) in [5.74, 6) is -0.951. The molecule has 4 nitrogen and oxygen atoms in total. The van der Waals surface area contributed by atoms with Crippen molar-refractivity contribution in [1.82, 2.24) is 4.98 Å². The lowest BCUT2D eigenvalue weighted by atomic mass is 10.2. The summed E-state index contributed by atoms with van der Waals surface area (Å²) in [5.41, 5.74) is 1.71. The summed E-state index contributed by atoms with van der Waals surface area (Å²) >= 11 is 7.27. The van der Waals surface area contributed by atoms with Gasteiger partial charge >= 0.3 is 5.97 Å². The molecule has 6 heteroatoms. The number of nitrogens with zero attached hydrogens (tertiary/aromatic N) is 1. The largest absolute Gasteiger partial charge is 0.478 e. The minimum absolute atomic E-state index is 0.246. The predicted molar refractivity (Wildman–Crippen MR) is 69.3 cm³/mol. The first-order chi connectivity index (χ1) is 8.65. The number of halogens is 1. The molecule has 0 saturated heterocycles. The molecule has 0 unspecified atom stereocenters. The Balaban J connectivity index is 2.17. The fourth-order valence-electron chi connectivity index (χ4n) is 1.62. The van der Waals surface area contributed by atoms with Gasteiger partial charge in [-0.2, -0.15) is 0 Å². The van der Waals surface area contributed by atoms with E-state index in [1.54, 1.807) is 18.2 Å². The first-order valence-corrected chi connectivity index (χ1v) is 6.22. The van der Waals surface area contributed by atoms with E-state index in [4.69, 9.17) is 21.1 Å². The third kappa shape index (κ3) is 1.77. The average molecular weight is 280 g/mol. The van der Waals surface area contributed by atoms with Crippen molar-refractivity contribution in [3.8, 4) is 10.6 Å². The van der Waals surface area contributed by atoms with E-state index in [-0.39, 0.29) is 10.8 Å². The molecule has 1 aromatic carbocycles. The van der Waals surface area contributed by atoms with Crippen molar-refractivity contribution >= 4 is 39.1 Å². The molecule has 0 radical (unpaired) electrons. The topological polar surface area (TPSA) is 63.3 Å². The lowest BCUT2D eigenvalue weighted by Gasteiger charge is -1.91. The fraction of sp³-hybridized carbons (Fsp3) is 0. The number of carboxylic acids is 1. The lowest BCUT2D eigenvalue weighted by molar-refractivity contribution is 0.0697. The molecule has 18 heavy (non-hydrogen) atoms. The van der Waals surface area contributed by atoms with Crippen LogP contribution in [0.2, 0.25) is 5.22 Å². The van der Waals surface area contributed by atoms with Gasteiger partial charge in [-0.15, -0.1) is 11.3 Å². The van der Waals surface area contributed by atoms with Crippen LogP contribution in [0.3, 0.4) is 0 Å². The Bertz CT molecular complexity index is 747. The zero-order valence-electron chi connectivity index (χ0n) is 8.88. The molecular weight excluding hydrogens is 274 g/mol. The van der Waals surface area contributed by atoms with Crippen molar-refractivity contribution in [3.05, 3.63) is 41.3 Å². The van der Waals surface area contributed by atoms with Gasteiger partial charge in [-0.05, 0) is 35.9 Å².